The van der Waals surface area contributed by atoms with E-state index in [-0.39, 0.29) is 37.8 Å². The largest absolute Gasteiger partial charge is 0.494 e. The number of methoxy groups -OCH3 is 2. The van der Waals surface area contributed by atoms with Gasteiger partial charge in [0.05, 0.1) is 31.7 Å². The number of hydrogen-bond donors (Lipinski definition) is 4. The van der Waals surface area contributed by atoms with Crippen molar-refractivity contribution in [1.82, 2.24) is 25.2 Å². The number of carboxylic acid groups (broad SMARTS) is 1. The van der Waals surface area contributed by atoms with Gasteiger partial charge in [-0.1, -0.05) is 37.3 Å². The lowest BCUT2D eigenvalue weighted by atomic mass is 9.87. The second-order valence-electron chi connectivity index (χ2n) is 14.1. The molecule has 0 spiro atoms. The molecule has 0 bridgehead atoms. The number of hydrogen-bond acceptors (Lipinski definition) is 10. The fraction of sp³-hybridized carbons (Fsp3) is 0.571. The molecule has 1 aromatic heterocycles. The molecule has 7 atom stereocenters. The number of allylic oxidation sites excluding steroid dienone is 1. The Balaban J connectivity index is 1.36. The third-order valence-corrected chi connectivity index (χ3v) is 12.1. The van der Waals surface area contributed by atoms with Crippen LogP contribution in [-0.2, 0) is 29.1 Å². The van der Waals surface area contributed by atoms with Crippen LogP contribution < -0.4 is 24.8 Å². The Hall–Kier alpha value is -4.44. The lowest BCUT2D eigenvalue weighted by Crippen LogP contribution is -2.59. The van der Waals surface area contributed by atoms with Gasteiger partial charge in [0.2, 0.25) is 27.7 Å². The van der Waals surface area contributed by atoms with E-state index in [1.165, 1.54) is 25.3 Å². The Kier molecular flexibility index (Phi) is 10.4. The Bertz CT molecular complexity index is 1820. The van der Waals surface area contributed by atoms with E-state index in [0.29, 0.717) is 43.2 Å². The maximum absolute atomic E-state index is 14.5. The summed E-state index contributed by atoms with van der Waals surface area (Å²) in [7, 11) is -0.900. The number of ether oxygens (including phenoxy) is 3. The van der Waals surface area contributed by atoms with Crippen molar-refractivity contribution in [2.24, 2.45) is 17.8 Å². The number of carbonyl (C=O) groups is 4. The number of amides is 4. The topological polar surface area (TPSA) is 203 Å². The van der Waals surface area contributed by atoms with E-state index in [1.807, 2.05) is 43.3 Å². The molecule has 2 aliphatic carbocycles. The van der Waals surface area contributed by atoms with Crippen molar-refractivity contribution >= 4 is 44.6 Å². The number of rotatable bonds is 9. The average molecular weight is 728 g/mol. The highest BCUT2D eigenvalue weighted by Crippen LogP contribution is 2.46. The molecule has 2 saturated carbocycles. The number of sulfonamides is 1. The van der Waals surface area contributed by atoms with Crippen LogP contribution in [0.3, 0.4) is 0 Å². The third kappa shape index (κ3) is 7.76. The lowest BCUT2D eigenvalue weighted by Gasteiger charge is -2.33. The number of nitrogens with one attached hydrogen (secondary N) is 3. The number of carbonyl (C=O) groups excluding carboxylic acids is 3. The highest BCUT2D eigenvalue weighted by atomic mass is 32.2. The van der Waals surface area contributed by atoms with Crippen LogP contribution in [0.5, 0.6) is 11.6 Å². The number of aromatic nitrogens is 1. The highest BCUT2D eigenvalue weighted by Gasteiger charge is 2.62. The molecule has 4 N–H and O–H groups in total. The Morgan fingerprint density at radius 3 is 2.55 bits per heavy atom. The van der Waals surface area contributed by atoms with Gasteiger partial charge in [0.25, 0.3) is 5.91 Å². The first kappa shape index (κ1) is 36.4. The first-order valence-corrected chi connectivity index (χ1v) is 18.8. The predicted molar refractivity (Wildman–Crippen MR) is 184 cm³/mol. The Morgan fingerprint density at radius 1 is 1.12 bits per heavy atom. The van der Waals surface area contributed by atoms with Crippen LogP contribution in [0, 0.1) is 17.8 Å². The van der Waals surface area contributed by atoms with Crippen LogP contribution in [-0.4, -0.2) is 104 Å². The van der Waals surface area contributed by atoms with E-state index in [1.54, 1.807) is 0 Å². The van der Waals surface area contributed by atoms with Gasteiger partial charge < -0.3 is 34.9 Å². The molecule has 15 nitrogen and oxygen atoms in total. The molecule has 6 rings (SSSR count). The van der Waals surface area contributed by atoms with Crippen LogP contribution in [0.25, 0.3) is 10.8 Å². The molecule has 4 amide bonds. The summed E-state index contributed by atoms with van der Waals surface area (Å²) in [5, 5.41) is 15.8. The average Bonchev–Trinajstić information content (AvgIpc) is 4.02. The molecular formula is C35H45N5O10S. The van der Waals surface area contributed by atoms with Crippen molar-refractivity contribution in [2.75, 3.05) is 27.4 Å². The van der Waals surface area contributed by atoms with Gasteiger partial charge in [-0.15, -0.1) is 0 Å². The summed E-state index contributed by atoms with van der Waals surface area (Å²) in [5.41, 5.74) is -1.54. The molecule has 0 radical (unpaired) electrons. The molecule has 0 unspecified atom stereocenters. The summed E-state index contributed by atoms with van der Waals surface area (Å²) >= 11 is 0. The van der Waals surface area contributed by atoms with E-state index in [9.17, 15) is 32.7 Å². The molecule has 16 heteroatoms. The number of pyridine rings is 1. The molecule has 1 aromatic carbocycles. The number of fused-ring (bicyclic) bond motifs is 3. The second-order valence-corrected chi connectivity index (χ2v) is 16.1. The van der Waals surface area contributed by atoms with Crippen molar-refractivity contribution in [1.29, 1.82) is 0 Å². The zero-order valence-corrected chi connectivity index (χ0v) is 29.7. The maximum Gasteiger partial charge on any atom is 0.405 e. The lowest BCUT2D eigenvalue weighted by molar-refractivity contribution is -0.142. The van der Waals surface area contributed by atoms with E-state index < -0.39 is 74.7 Å². The quantitative estimate of drug-likeness (QED) is 0.276. The van der Waals surface area contributed by atoms with Gasteiger partial charge >= 0.3 is 6.09 Å². The Morgan fingerprint density at radius 2 is 1.86 bits per heavy atom. The minimum absolute atomic E-state index is 0.0106. The van der Waals surface area contributed by atoms with Crippen molar-refractivity contribution < 1.29 is 46.9 Å². The fourth-order valence-electron chi connectivity index (χ4n) is 7.38. The monoisotopic (exact) mass is 727 g/mol. The minimum atomic E-state index is -3.91. The smallest absolute Gasteiger partial charge is 0.405 e. The molecule has 276 valence electrons. The molecule has 3 heterocycles. The molecule has 2 aliphatic heterocycles. The van der Waals surface area contributed by atoms with E-state index in [2.05, 4.69) is 20.3 Å². The molecule has 2 aromatic rings. The van der Waals surface area contributed by atoms with Gasteiger partial charge in [-0.25, -0.2) is 18.2 Å². The molecule has 4 aliphatic rings. The summed E-state index contributed by atoms with van der Waals surface area (Å²) in [4.78, 5) is 60.3. The van der Waals surface area contributed by atoms with Gasteiger partial charge in [-0.05, 0) is 50.5 Å². The zero-order chi connectivity index (χ0) is 36.5. The second kappa shape index (κ2) is 14.7. The molecule has 51 heavy (non-hydrogen) atoms. The van der Waals surface area contributed by atoms with Gasteiger partial charge in [-0.3, -0.25) is 19.1 Å². The first-order chi connectivity index (χ1) is 24.4. The third-order valence-electron chi connectivity index (χ3n) is 10.3. The van der Waals surface area contributed by atoms with E-state index >= 15 is 0 Å². The summed E-state index contributed by atoms with van der Waals surface area (Å²) in [6, 6.07) is 4.89. The normalized spacial score (nSPS) is 30.5. The summed E-state index contributed by atoms with van der Waals surface area (Å²) < 4.78 is 45.1. The summed E-state index contributed by atoms with van der Waals surface area (Å²) in [5.74, 6) is -2.32. The zero-order valence-electron chi connectivity index (χ0n) is 28.9. The first-order valence-electron chi connectivity index (χ1n) is 17.3. The van der Waals surface area contributed by atoms with E-state index in [0.717, 1.165) is 5.39 Å². The van der Waals surface area contributed by atoms with Crippen LogP contribution in [0.15, 0.2) is 42.6 Å². The van der Waals surface area contributed by atoms with Gasteiger partial charge in [0, 0.05) is 36.1 Å². The summed E-state index contributed by atoms with van der Waals surface area (Å²) in [6.45, 7) is 2.00. The standard InChI is InChI=1S/C35H45N5O10S/c1-20-8-4-5-9-22-16-35(22,33(43)39-51(46,47)24-12-13-24)38-30(41)27-15-23(50-31-26-11-7-6-10-25(26)28(49-3)17-36-31)18-40(27)32(42)29(37-34(44)45)21(14-20)19-48-2/h5-7,9-11,17,20-24,27,29,37H,4,8,12-16,18-19H2,1-3H3,(H,38,41)(H,39,43)(H,44,45)/b9-5-/t20-,21+,22-,23-,27+,29+,35-/m1/s1. The van der Waals surface area contributed by atoms with E-state index in [4.69, 9.17) is 14.2 Å². The minimum Gasteiger partial charge on any atom is -0.494 e. The van der Waals surface area contributed by atoms with Crippen LogP contribution in [0.4, 0.5) is 4.79 Å². The van der Waals surface area contributed by atoms with Gasteiger partial charge in [0.15, 0.2) is 0 Å². The van der Waals surface area contributed by atoms with Crippen LogP contribution >= 0.6 is 0 Å². The van der Waals surface area contributed by atoms with Gasteiger partial charge in [-0.2, -0.15) is 0 Å². The maximum atomic E-state index is 14.5. The van der Waals surface area contributed by atoms with Gasteiger partial charge in [0.1, 0.15) is 29.5 Å². The number of benzene rings is 1. The van der Waals surface area contributed by atoms with Crippen molar-refractivity contribution in [3.05, 3.63) is 42.6 Å². The Labute approximate surface area is 296 Å². The molecule has 3 fully saturated rings. The van der Waals surface area contributed by atoms with Crippen molar-refractivity contribution in [3.8, 4) is 11.6 Å². The SMILES string of the molecule is COC[C@@H]1C[C@H](C)CC/C=C\[C@@H]2C[C@@]2(C(=O)NS(=O)(=O)C2CC2)NC(=O)[C@@H]2C[C@@H](Oc3ncc(OC)c4ccccc34)CN2C(=O)[C@H]1NC(=O)O. The summed E-state index contributed by atoms with van der Waals surface area (Å²) in [6.07, 6.45) is 5.97. The van der Waals surface area contributed by atoms with Crippen LogP contribution in [0.2, 0.25) is 0 Å². The highest BCUT2D eigenvalue weighted by molar-refractivity contribution is 7.91. The van der Waals surface area contributed by atoms with Crippen molar-refractivity contribution in [3.63, 3.8) is 0 Å². The van der Waals surface area contributed by atoms with Crippen LogP contribution in [0.1, 0.15) is 51.9 Å². The van der Waals surface area contributed by atoms with Crippen molar-refractivity contribution in [2.45, 2.75) is 80.8 Å². The molecular weight excluding hydrogens is 682 g/mol. The fourth-order valence-corrected chi connectivity index (χ4v) is 8.74. The number of nitrogens with zero attached hydrogens (tertiary/aromatic N) is 2. The molecule has 1 saturated heterocycles. The predicted octanol–water partition coefficient (Wildman–Crippen LogP) is 2.35.